The smallest absolute Gasteiger partial charge is 0.298 e. The Morgan fingerprint density at radius 3 is 2.33 bits per heavy atom. The molecule has 4 heteroatoms. The molecule has 0 saturated carbocycles. The van der Waals surface area contributed by atoms with E-state index in [1.807, 2.05) is 0 Å². The second kappa shape index (κ2) is 4.65. The molecule has 0 spiro atoms. The number of terminal acetylenes is 1. The van der Waals surface area contributed by atoms with Crippen LogP contribution < -0.4 is 0 Å². The van der Waals surface area contributed by atoms with Gasteiger partial charge in [-0.3, -0.25) is 9.69 Å². The van der Waals surface area contributed by atoms with Gasteiger partial charge in [0.15, 0.2) is 0 Å². The van der Waals surface area contributed by atoms with Crippen LogP contribution in [-0.2, 0) is 4.79 Å². The molecule has 0 atom stereocenters. The van der Waals surface area contributed by atoms with Gasteiger partial charge in [-0.15, -0.1) is 6.42 Å². The Bertz CT molecular complexity index is 267. The quantitative estimate of drug-likeness (QED) is 0.627. The van der Waals surface area contributed by atoms with Crippen LogP contribution >= 0.6 is 0 Å². The Hall–Kier alpha value is -1.05. The number of piperazine rings is 1. The summed E-state index contributed by atoms with van der Waals surface area (Å²) in [5, 5.41) is 9.64. The number of carbonyl (C=O) groups excluding carboxylic acids is 1. The maximum atomic E-state index is 11.2. The van der Waals surface area contributed by atoms with Crippen LogP contribution in [0.3, 0.4) is 0 Å². The minimum absolute atomic E-state index is 0.238. The lowest BCUT2D eigenvalue weighted by Crippen LogP contribution is -2.51. The highest BCUT2D eigenvalue weighted by atomic mass is 16.3. The highest BCUT2D eigenvalue weighted by Gasteiger charge is 2.23. The summed E-state index contributed by atoms with van der Waals surface area (Å²) in [4.78, 5) is 15.0. The highest BCUT2D eigenvalue weighted by Crippen LogP contribution is 2.08. The molecular weight excluding hydrogens is 192 g/mol. The molecule has 1 N–H and O–H groups in total. The van der Waals surface area contributed by atoms with Crippen LogP contribution in [0.1, 0.15) is 13.8 Å². The molecule has 1 heterocycles. The molecule has 1 fully saturated rings. The van der Waals surface area contributed by atoms with Gasteiger partial charge in [-0.1, -0.05) is 0 Å². The van der Waals surface area contributed by atoms with Gasteiger partial charge in [-0.05, 0) is 19.8 Å². The standard InChI is InChI=1S/C11H18N2O2/c1-4-10(14)13-7-5-12(6-8-13)9-11(2,3)15/h1,15H,5-9H2,2-3H3. The summed E-state index contributed by atoms with van der Waals surface area (Å²) < 4.78 is 0. The molecule has 1 rings (SSSR count). The van der Waals surface area contributed by atoms with Gasteiger partial charge in [0.25, 0.3) is 5.91 Å². The summed E-state index contributed by atoms with van der Waals surface area (Å²) in [6.07, 6.45) is 5.04. The van der Waals surface area contributed by atoms with Crippen LogP contribution in [-0.4, -0.2) is 59.1 Å². The summed E-state index contributed by atoms with van der Waals surface area (Å²) in [7, 11) is 0. The molecule has 15 heavy (non-hydrogen) atoms. The van der Waals surface area contributed by atoms with Crippen molar-refractivity contribution in [1.29, 1.82) is 0 Å². The zero-order chi connectivity index (χ0) is 11.5. The topological polar surface area (TPSA) is 43.8 Å². The largest absolute Gasteiger partial charge is 0.389 e. The van der Waals surface area contributed by atoms with E-state index < -0.39 is 5.60 Å². The molecule has 1 saturated heterocycles. The Morgan fingerprint density at radius 2 is 1.93 bits per heavy atom. The third-order valence-electron chi connectivity index (χ3n) is 2.39. The Morgan fingerprint density at radius 1 is 1.40 bits per heavy atom. The number of hydrogen-bond donors (Lipinski definition) is 1. The van der Waals surface area contributed by atoms with Gasteiger partial charge >= 0.3 is 0 Å². The lowest BCUT2D eigenvalue weighted by atomic mass is 10.1. The Kier molecular flexibility index (Phi) is 3.72. The number of nitrogens with zero attached hydrogens (tertiary/aromatic N) is 2. The van der Waals surface area contributed by atoms with Crippen molar-refractivity contribution >= 4 is 5.91 Å². The Labute approximate surface area is 90.9 Å². The SMILES string of the molecule is C#CC(=O)N1CCN(CC(C)(C)O)CC1. The summed E-state index contributed by atoms with van der Waals surface area (Å²) in [5.74, 6) is 1.88. The number of amides is 1. The molecule has 0 aromatic carbocycles. The summed E-state index contributed by atoms with van der Waals surface area (Å²) in [5.41, 5.74) is -0.682. The molecular formula is C11H18N2O2. The molecule has 1 amide bonds. The second-order valence-corrected chi connectivity index (χ2v) is 4.53. The van der Waals surface area contributed by atoms with E-state index in [9.17, 15) is 9.90 Å². The first-order chi connectivity index (χ1) is 6.92. The maximum Gasteiger partial charge on any atom is 0.298 e. The van der Waals surface area contributed by atoms with Crippen LogP contribution in [0.25, 0.3) is 0 Å². The lowest BCUT2D eigenvalue weighted by molar-refractivity contribution is -0.127. The van der Waals surface area contributed by atoms with E-state index in [0.29, 0.717) is 19.6 Å². The number of aliphatic hydroxyl groups is 1. The van der Waals surface area contributed by atoms with Crippen LogP contribution in [0.4, 0.5) is 0 Å². The van der Waals surface area contributed by atoms with Gasteiger partial charge in [0, 0.05) is 32.7 Å². The van der Waals surface area contributed by atoms with Crippen molar-refractivity contribution in [3.05, 3.63) is 0 Å². The van der Waals surface area contributed by atoms with E-state index >= 15 is 0 Å². The van der Waals surface area contributed by atoms with Crippen molar-refractivity contribution in [1.82, 2.24) is 9.80 Å². The first kappa shape index (κ1) is 12.0. The number of rotatable bonds is 2. The third kappa shape index (κ3) is 3.90. The van der Waals surface area contributed by atoms with Crippen molar-refractivity contribution in [3.8, 4) is 12.3 Å². The van der Waals surface area contributed by atoms with E-state index in [4.69, 9.17) is 6.42 Å². The van der Waals surface area contributed by atoms with Crippen molar-refractivity contribution in [2.24, 2.45) is 0 Å². The molecule has 1 aliphatic heterocycles. The molecule has 0 bridgehead atoms. The first-order valence-electron chi connectivity index (χ1n) is 5.12. The molecule has 1 aliphatic rings. The average molecular weight is 210 g/mol. The van der Waals surface area contributed by atoms with Crippen LogP contribution in [0.15, 0.2) is 0 Å². The molecule has 0 aromatic heterocycles. The van der Waals surface area contributed by atoms with E-state index in [0.717, 1.165) is 13.1 Å². The monoisotopic (exact) mass is 210 g/mol. The van der Waals surface area contributed by atoms with Crippen molar-refractivity contribution < 1.29 is 9.90 Å². The fourth-order valence-electron chi connectivity index (χ4n) is 1.75. The van der Waals surface area contributed by atoms with E-state index in [1.165, 1.54) is 0 Å². The van der Waals surface area contributed by atoms with E-state index in [-0.39, 0.29) is 5.91 Å². The van der Waals surface area contributed by atoms with Crippen molar-refractivity contribution in [2.75, 3.05) is 32.7 Å². The molecule has 84 valence electrons. The summed E-state index contributed by atoms with van der Waals surface area (Å²) in [6.45, 7) is 7.05. The highest BCUT2D eigenvalue weighted by molar-refractivity contribution is 5.92. The summed E-state index contributed by atoms with van der Waals surface area (Å²) in [6, 6.07) is 0. The van der Waals surface area contributed by atoms with Gasteiger partial charge < -0.3 is 10.0 Å². The number of β-amino-alcohol motifs (C(OH)–C–C–N with tert-alkyl or cyclic N) is 1. The zero-order valence-electron chi connectivity index (χ0n) is 9.36. The fraction of sp³-hybridized carbons (Fsp3) is 0.727. The lowest BCUT2D eigenvalue weighted by Gasteiger charge is -2.36. The number of carbonyl (C=O) groups is 1. The minimum Gasteiger partial charge on any atom is -0.389 e. The van der Waals surface area contributed by atoms with Crippen LogP contribution in [0.2, 0.25) is 0 Å². The van der Waals surface area contributed by atoms with Crippen LogP contribution in [0, 0.1) is 12.3 Å². The molecule has 0 aromatic rings. The molecule has 0 unspecified atom stereocenters. The van der Waals surface area contributed by atoms with Gasteiger partial charge in [0.05, 0.1) is 5.60 Å². The van der Waals surface area contributed by atoms with Gasteiger partial charge in [0.1, 0.15) is 0 Å². The van der Waals surface area contributed by atoms with E-state index in [2.05, 4.69) is 10.8 Å². The first-order valence-corrected chi connectivity index (χ1v) is 5.12. The maximum absolute atomic E-state index is 11.2. The summed E-state index contributed by atoms with van der Waals surface area (Å²) >= 11 is 0. The second-order valence-electron chi connectivity index (χ2n) is 4.53. The normalized spacial score (nSPS) is 18.7. The predicted octanol–water partition coefficient (Wildman–Crippen LogP) is -0.465. The minimum atomic E-state index is -0.682. The van der Waals surface area contributed by atoms with Gasteiger partial charge in [-0.2, -0.15) is 0 Å². The van der Waals surface area contributed by atoms with Crippen molar-refractivity contribution in [2.45, 2.75) is 19.4 Å². The average Bonchev–Trinajstić information content (AvgIpc) is 2.15. The van der Waals surface area contributed by atoms with Gasteiger partial charge in [-0.25, -0.2) is 0 Å². The fourth-order valence-corrected chi connectivity index (χ4v) is 1.75. The molecule has 4 nitrogen and oxygen atoms in total. The number of hydrogen-bond acceptors (Lipinski definition) is 3. The third-order valence-corrected chi connectivity index (χ3v) is 2.39. The van der Waals surface area contributed by atoms with Crippen molar-refractivity contribution in [3.63, 3.8) is 0 Å². The van der Waals surface area contributed by atoms with E-state index in [1.54, 1.807) is 18.7 Å². The van der Waals surface area contributed by atoms with Crippen LogP contribution in [0.5, 0.6) is 0 Å². The zero-order valence-corrected chi connectivity index (χ0v) is 9.36. The molecule has 0 aliphatic carbocycles. The predicted molar refractivity (Wildman–Crippen MR) is 58.2 cm³/mol. The van der Waals surface area contributed by atoms with Gasteiger partial charge in [0.2, 0.25) is 0 Å². The Balaban J connectivity index is 2.37. The molecule has 0 radical (unpaired) electrons.